The predicted molar refractivity (Wildman–Crippen MR) is 79.9 cm³/mol. The van der Waals surface area contributed by atoms with Crippen molar-refractivity contribution in [1.29, 1.82) is 0 Å². The highest BCUT2D eigenvalue weighted by atomic mass is 35.5. The van der Waals surface area contributed by atoms with Crippen molar-refractivity contribution in [3.8, 4) is 0 Å². The summed E-state index contributed by atoms with van der Waals surface area (Å²) in [6.07, 6.45) is 1.69. The van der Waals surface area contributed by atoms with Crippen molar-refractivity contribution in [2.75, 3.05) is 7.05 Å². The van der Waals surface area contributed by atoms with E-state index < -0.39 is 0 Å². The van der Waals surface area contributed by atoms with Gasteiger partial charge in [0.15, 0.2) is 0 Å². The van der Waals surface area contributed by atoms with Gasteiger partial charge in [-0.1, -0.05) is 18.5 Å². The number of nitrogens with one attached hydrogen (secondary N) is 1. The molecule has 1 N–H and O–H groups in total. The van der Waals surface area contributed by atoms with Crippen LogP contribution in [-0.2, 0) is 29.1 Å². The highest BCUT2D eigenvalue weighted by Crippen LogP contribution is 2.22. The zero-order chi connectivity index (χ0) is 15.6. The van der Waals surface area contributed by atoms with E-state index in [1.807, 2.05) is 18.5 Å². The van der Waals surface area contributed by atoms with E-state index in [1.165, 1.54) is 11.9 Å². The molecule has 7 heteroatoms. The van der Waals surface area contributed by atoms with E-state index in [9.17, 15) is 9.59 Å². The van der Waals surface area contributed by atoms with Crippen LogP contribution in [0.3, 0.4) is 0 Å². The molecule has 0 radical (unpaired) electrons. The van der Waals surface area contributed by atoms with Crippen molar-refractivity contribution in [2.24, 2.45) is 0 Å². The summed E-state index contributed by atoms with van der Waals surface area (Å²) >= 11 is 6.34. The number of rotatable bonds is 5. The Labute approximate surface area is 129 Å². The summed E-state index contributed by atoms with van der Waals surface area (Å²) in [6.45, 7) is 5.22. The molecule has 0 aromatic carbocycles. The lowest BCUT2D eigenvalue weighted by atomic mass is 10.0. The van der Waals surface area contributed by atoms with E-state index in [0.29, 0.717) is 24.4 Å². The smallest absolute Gasteiger partial charge is 0.246 e. The number of halogens is 1. The average Bonchev–Trinajstić information content (AvgIpc) is 2.80. The van der Waals surface area contributed by atoms with Crippen LogP contribution in [0.5, 0.6) is 0 Å². The molecule has 0 aliphatic carbocycles. The second-order valence-corrected chi connectivity index (χ2v) is 5.52. The van der Waals surface area contributed by atoms with Crippen LogP contribution in [0.4, 0.5) is 0 Å². The van der Waals surface area contributed by atoms with Crippen LogP contribution >= 0.6 is 11.6 Å². The Kier molecular flexibility index (Phi) is 5.00. The van der Waals surface area contributed by atoms with Crippen molar-refractivity contribution in [1.82, 2.24) is 20.0 Å². The molecule has 0 saturated carbocycles. The molecule has 2 amide bonds. The highest BCUT2D eigenvalue weighted by molar-refractivity contribution is 6.31. The third-order valence-corrected chi connectivity index (χ3v) is 4.30. The van der Waals surface area contributed by atoms with E-state index in [2.05, 4.69) is 10.4 Å². The molecular formula is C14H21ClN4O2. The fourth-order valence-corrected chi connectivity index (χ4v) is 2.85. The number of carbonyl (C=O) groups is 2. The monoisotopic (exact) mass is 312 g/mol. The van der Waals surface area contributed by atoms with E-state index in [4.69, 9.17) is 11.6 Å². The molecule has 21 heavy (non-hydrogen) atoms. The number of nitrogens with zero attached hydrogens (tertiary/aromatic N) is 3. The summed E-state index contributed by atoms with van der Waals surface area (Å²) in [7, 11) is 1.52. The van der Waals surface area contributed by atoms with E-state index in [0.717, 1.165) is 24.4 Å². The number of hydrogen-bond acceptors (Lipinski definition) is 4. The van der Waals surface area contributed by atoms with Crippen LogP contribution in [0, 0.1) is 0 Å². The first-order valence-corrected chi connectivity index (χ1v) is 7.65. The number of hydrogen-bond donors (Lipinski definition) is 1. The second-order valence-electron chi connectivity index (χ2n) is 5.14. The standard InChI is InChI=1S/C14H21ClN4O2/c1-4-9-13(15)11(19(5-2)17-9)8-16-10-6-7-12(20)18(3)14(10)21/h10,16H,4-8H2,1-3H3. The van der Waals surface area contributed by atoms with Crippen LogP contribution in [0.1, 0.15) is 38.1 Å². The first-order chi connectivity index (χ1) is 9.99. The lowest BCUT2D eigenvalue weighted by Crippen LogP contribution is -2.51. The molecule has 0 spiro atoms. The maximum atomic E-state index is 12.0. The molecule has 1 aromatic heterocycles. The van der Waals surface area contributed by atoms with Crippen LogP contribution in [-0.4, -0.2) is 39.6 Å². The largest absolute Gasteiger partial charge is 0.300 e. The second kappa shape index (κ2) is 6.58. The fraction of sp³-hybridized carbons (Fsp3) is 0.643. The summed E-state index contributed by atoms with van der Waals surface area (Å²) in [6, 6.07) is -0.339. The minimum Gasteiger partial charge on any atom is -0.300 e. The summed E-state index contributed by atoms with van der Waals surface area (Å²) < 4.78 is 1.86. The van der Waals surface area contributed by atoms with Crippen LogP contribution < -0.4 is 5.32 Å². The summed E-state index contributed by atoms with van der Waals surface area (Å²) in [5.74, 6) is -0.302. The van der Waals surface area contributed by atoms with Crippen LogP contribution in [0.15, 0.2) is 0 Å². The number of amides is 2. The normalized spacial score (nSPS) is 19.4. The molecule has 1 unspecified atom stereocenters. The first-order valence-electron chi connectivity index (χ1n) is 7.27. The van der Waals surface area contributed by atoms with Crippen molar-refractivity contribution in [2.45, 2.75) is 52.2 Å². The number of aryl methyl sites for hydroxylation is 2. The Morgan fingerprint density at radius 3 is 2.71 bits per heavy atom. The quantitative estimate of drug-likeness (QED) is 0.834. The molecule has 1 aliphatic rings. The Morgan fingerprint density at radius 2 is 2.10 bits per heavy atom. The Hall–Kier alpha value is -1.40. The minimum atomic E-state index is -0.339. The average molecular weight is 313 g/mol. The maximum Gasteiger partial charge on any atom is 0.246 e. The van der Waals surface area contributed by atoms with Gasteiger partial charge in [0, 0.05) is 26.6 Å². The van der Waals surface area contributed by atoms with Gasteiger partial charge in [-0.25, -0.2) is 0 Å². The molecule has 1 saturated heterocycles. The lowest BCUT2D eigenvalue weighted by molar-refractivity contribution is -0.148. The fourth-order valence-electron chi connectivity index (χ4n) is 2.51. The Balaban J connectivity index is 2.08. The predicted octanol–water partition coefficient (Wildman–Crippen LogP) is 1.36. The van der Waals surface area contributed by atoms with Gasteiger partial charge in [0.05, 0.1) is 22.5 Å². The third-order valence-electron chi connectivity index (χ3n) is 3.86. The molecule has 2 heterocycles. The summed E-state index contributed by atoms with van der Waals surface area (Å²) in [5.41, 5.74) is 1.76. The minimum absolute atomic E-state index is 0.122. The highest BCUT2D eigenvalue weighted by Gasteiger charge is 2.31. The molecule has 1 aromatic rings. The molecule has 1 fully saturated rings. The first kappa shape index (κ1) is 16.0. The maximum absolute atomic E-state index is 12.0. The van der Waals surface area contributed by atoms with Gasteiger partial charge in [0.25, 0.3) is 0 Å². The number of likely N-dealkylation sites (tertiary alicyclic amines) is 1. The molecule has 2 rings (SSSR count). The topological polar surface area (TPSA) is 67.2 Å². The zero-order valence-corrected chi connectivity index (χ0v) is 13.4. The number of piperidine rings is 1. The van der Waals surface area contributed by atoms with Gasteiger partial charge < -0.3 is 5.32 Å². The zero-order valence-electron chi connectivity index (χ0n) is 12.6. The number of aromatic nitrogens is 2. The van der Waals surface area contributed by atoms with Crippen LogP contribution in [0.25, 0.3) is 0 Å². The van der Waals surface area contributed by atoms with Gasteiger partial charge >= 0.3 is 0 Å². The molecule has 1 aliphatic heterocycles. The Bertz CT molecular complexity index is 555. The number of imide groups is 1. The van der Waals surface area contributed by atoms with Crippen molar-refractivity contribution >= 4 is 23.4 Å². The molecule has 116 valence electrons. The van der Waals surface area contributed by atoms with Gasteiger partial charge in [-0.15, -0.1) is 0 Å². The van der Waals surface area contributed by atoms with E-state index in [-0.39, 0.29) is 17.9 Å². The Morgan fingerprint density at radius 1 is 1.38 bits per heavy atom. The van der Waals surface area contributed by atoms with Crippen molar-refractivity contribution in [3.63, 3.8) is 0 Å². The van der Waals surface area contributed by atoms with Crippen LogP contribution in [0.2, 0.25) is 5.02 Å². The van der Waals surface area contributed by atoms with Crippen molar-refractivity contribution in [3.05, 3.63) is 16.4 Å². The SMILES string of the molecule is CCc1nn(CC)c(CNC2CCC(=O)N(C)C2=O)c1Cl. The van der Waals surface area contributed by atoms with Gasteiger partial charge in [-0.2, -0.15) is 5.10 Å². The lowest BCUT2D eigenvalue weighted by Gasteiger charge is -2.28. The number of carbonyl (C=O) groups excluding carboxylic acids is 2. The van der Waals surface area contributed by atoms with E-state index in [1.54, 1.807) is 0 Å². The van der Waals surface area contributed by atoms with Gasteiger partial charge in [-0.3, -0.25) is 19.2 Å². The van der Waals surface area contributed by atoms with Crippen molar-refractivity contribution < 1.29 is 9.59 Å². The van der Waals surface area contributed by atoms with Gasteiger partial charge in [0.1, 0.15) is 0 Å². The van der Waals surface area contributed by atoms with Gasteiger partial charge in [0.2, 0.25) is 11.8 Å². The van der Waals surface area contributed by atoms with E-state index >= 15 is 0 Å². The molecule has 1 atom stereocenters. The third kappa shape index (κ3) is 3.11. The molecule has 0 bridgehead atoms. The van der Waals surface area contributed by atoms with Gasteiger partial charge in [-0.05, 0) is 19.8 Å². The molecular weight excluding hydrogens is 292 g/mol. The summed E-state index contributed by atoms with van der Waals surface area (Å²) in [5, 5.41) is 8.32. The number of likely N-dealkylation sites (N-methyl/N-ethyl adjacent to an activating group) is 1. The summed E-state index contributed by atoms with van der Waals surface area (Å²) in [4.78, 5) is 24.7. The molecule has 6 nitrogen and oxygen atoms in total.